The highest BCUT2D eigenvalue weighted by Gasteiger charge is 2.46. The summed E-state index contributed by atoms with van der Waals surface area (Å²) in [5.41, 5.74) is 2.13. The summed E-state index contributed by atoms with van der Waals surface area (Å²) in [4.78, 5) is 28.3. The zero-order valence-corrected chi connectivity index (χ0v) is 18.6. The lowest BCUT2D eigenvalue weighted by atomic mass is 9.89. The van der Waals surface area contributed by atoms with Crippen LogP contribution in [0.2, 0.25) is 0 Å². The number of carbonyl (C=O) groups is 2. The van der Waals surface area contributed by atoms with Gasteiger partial charge in [0, 0.05) is 12.5 Å². The third kappa shape index (κ3) is 4.57. The van der Waals surface area contributed by atoms with Crippen LogP contribution in [-0.2, 0) is 16.0 Å². The summed E-state index contributed by atoms with van der Waals surface area (Å²) in [6, 6.07) is 16.8. The van der Waals surface area contributed by atoms with Crippen molar-refractivity contribution in [2.24, 2.45) is 0 Å². The molecule has 1 atom stereocenters. The predicted molar refractivity (Wildman–Crippen MR) is 123 cm³/mol. The molecule has 1 unspecified atom stereocenters. The lowest BCUT2D eigenvalue weighted by Crippen LogP contribution is -2.41. The van der Waals surface area contributed by atoms with Crippen molar-refractivity contribution in [3.8, 4) is 5.75 Å². The fraction of sp³-hybridized carbons (Fsp3) is 0.407. The predicted octanol–water partition coefficient (Wildman–Crippen LogP) is 5.32. The smallest absolute Gasteiger partial charge is 0.290 e. The largest absolute Gasteiger partial charge is 0.503 e. The first-order chi connectivity index (χ1) is 15.6. The number of aryl methyl sites for hydroxylation is 1. The molecule has 1 amide bonds. The van der Waals surface area contributed by atoms with E-state index in [2.05, 4.69) is 0 Å². The van der Waals surface area contributed by atoms with Gasteiger partial charge in [0.15, 0.2) is 11.5 Å². The first-order valence-electron chi connectivity index (χ1n) is 11.7. The minimum absolute atomic E-state index is 0.0365. The second-order valence-electron chi connectivity index (χ2n) is 8.58. The van der Waals surface area contributed by atoms with Gasteiger partial charge < -0.3 is 14.7 Å². The summed E-state index contributed by atoms with van der Waals surface area (Å²) in [6.07, 6.45) is 5.91. The van der Waals surface area contributed by atoms with E-state index in [4.69, 9.17) is 4.74 Å². The Morgan fingerprint density at radius 1 is 1.03 bits per heavy atom. The Bertz CT molecular complexity index is 974. The van der Waals surface area contributed by atoms with Gasteiger partial charge in [-0.2, -0.15) is 0 Å². The van der Waals surface area contributed by atoms with Gasteiger partial charge in [0.2, 0.25) is 0 Å². The van der Waals surface area contributed by atoms with E-state index in [1.54, 1.807) is 4.90 Å². The number of ketones is 1. The molecule has 2 aromatic rings. The van der Waals surface area contributed by atoms with E-state index in [0.717, 1.165) is 49.0 Å². The highest BCUT2D eigenvalue weighted by molar-refractivity contribution is 6.09. The van der Waals surface area contributed by atoms with Crippen molar-refractivity contribution >= 4 is 11.7 Å². The standard InChI is InChI=1S/C27H31NO4/c1-2-32-22-16-14-20(15-17-22)25-24(23(29)18-13-19-9-5-3-6-10-19)26(30)27(31)28(25)21-11-7-4-8-12-21/h3,5-6,9-10,14-17,21,25,30H,2,4,7-8,11-13,18H2,1H3. The molecule has 1 heterocycles. The van der Waals surface area contributed by atoms with Crippen molar-refractivity contribution in [3.05, 3.63) is 77.1 Å². The second-order valence-corrected chi connectivity index (χ2v) is 8.58. The Balaban J connectivity index is 1.64. The Kier molecular flexibility index (Phi) is 6.93. The first-order valence-corrected chi connectivity index (χ1v) is 11.7. The molecule has 2 aromatic carbocycles. The van der Waals surface area contributed by atoms with Gasteiger partial charge >= 0.3 is 0 Å². The van der Waals surface area contributed by atoms with Gasteiger partial charge in [0.1, 0.15) is 5.75 Å². The van der Waals surface area contributed by atoms with E-state index >= 15 is 0 Å². The summed E-state index contributed by atoms with van der Waals surface area (Å²) in [6.45, 7) is 2.50. The van der Waals surface area contributed by atoms with Crippen LogP contribution in [0.4, 0.5) is 0 Å². The van der Waals surface area contributed by atoms with Crippen LogP contribution in [0, 0.1) is 0 Å². The summed E-state index contributed by atoms with van der Waals surface area (Å²) < 4.78 is 5.56. The maximum absolute atomic E-state index is 13.3. The van der Waals surface area contributed by atoms with E-state index in [1.807, 2.05) is 61.5 Å². The minimum atomic E-state index is -0.551. The molecular formula is C27H31NO4. The Labute approximate surface area is 189 Å². The molecule has 1 saturated carbocycles. The average Bonchev–Trinajstić information content (AvgIpc) is 3.10. The molecule has 0 aromatic heterocycles. The van der Waals surface area contributed by atoms with Crippen molar-refractivity contribution in [1.29, 1.82) is 0 Å². The zero-order valence-electron chi connectivity index (χ0n) is 18.6. The molecule has 2 aliphatic rings. The molecule has 5 heteroatoms. The molecule has 0 bridgehead atoms. The molecule has 5 nitrogen and oxygen atoms in total. The molecule has 1 aliphatic heterocycles. The van der Waals surface area contributed by atoms with Crippen molar-refractivity contribution < 1.29 is 19.4 Å². The van der Waals surface area contributed by atoms with Crippen LogP contribution in [0.5, 0.6) is 5.75 Å². The van der Waals surface area contributed by atoms with Gasteiger partial charge in [-0.05, 0) is 49.4 Å². The zero-order chi connectivity index (χ0) is 22.5. The number of hydrogen-bond donors (Lipinski definition) is 1. The first kappa shape index (κ1) is 22.1. The van der Waals surface area contributed by atoms with E-state index < -0.39 is 11.9 Å². The van der Waals surface area contributed by atoms with Crippen molar-refractivity contribution in [2.45, 2.75) is 64.0 Å². The molecule has 4 rings (SSSR count). The number of nitrogens with zero attached hydrogens (tertiary/aromatic N) is 1. The van der Waals surface area contributed by atoms with Gasteiger partial charge in [-0.3, -0.25) is 9.59 Å². The summed E-state index contributed by atoms with van der Waals surface area (Å²) in [5, 5.41) is 10.8. The van der Waals surface area contributed by atoms with Crippen LogP contribution in [0.25, 0.3) is 0 Å². The molecule has 32 heavy (non-hydrogen) atoms. The number of amides is 1. The van der Waals surface area contributed by atoms with Crippen LogP contribution in [0.15, 0.2) is 65.9 Å². The van der Waals surface area contributed by atoms with Gasteiger partial charge in [-0.1, -0.05) is 61.7 Å². The molecule has 1 aliphatic carbocycles. The van der Waals surface area contributed by atoms with Gasteiger partial charge in [-0.25, -0.2) is 0 Å². The quantitative estimate of drug-likeness (QED) is 0.612. The molecule has 0 radical (unpaired) electrons. The van der Waals surface area contributed by atoms with Crippen LogP contribution in [-0.4, -0.2) is 34.3 Å². The molecular weight excluding hydrogens is 402 g/mol. The van der Waals surface area contributed by atoms with E-state index in [9.17, 15) is 14.7 Å². The SMILES string of the molecule is CCOc1ccc(C2C(C(=O)CCc3ccccc3)=C(O)C(=O)N2C2CCCCC2)cc1. The van der Waals surface area contributed by atoms with Crippen molar-refractivity contribution in [3.63, 3.8) is 0 Å². The average molecular weight is 434 g/mol. The Morgan fingerprint density at radius 3 is 2.38 bits per heavy atom. The number of ether oxygens (including phenoxy) is 1. The Hall–Kier alpha value is -3.08. The number of hydrogen-bond acceptors (Lipinski definition) is 4. The van der Waals surface area contributed by atoms with E-state index in [-0.39, 0.29) is 29.6 Å². The maximum atomic E-state index is 13.3. The monoisotopic (exact) mass is 433 g/mol. The summed E-state index contributed by atoms with van der Waals surface area (Å²) >= 11 is 0. The van der Waals surface area contributed by atoms with E-state index in [1.165, 1.54) is 0 Å². The van der Waals surface area contributed by atoms with E-state index in [0.29, 0.717) is 13.0 Å². The topological polar surface area (TPSA) is 66.8 Å². The maximum Gasteiger partial charge on any atom is 0.290 e. The fourth-order valence-corrected chi connectivity index (χ4v) is 4.92. The third-order valence-electron chi connectivity index (χ3n) is 6.50. The summed E-state index contributed by atoms with van der Waals surface area (Å²) in [7, 11) is 0. The lowest BCUT2D eigenvalue weighted by molar-refractivity contribution is -0.132. The van der Waals surface area contributed by atoms with Crippen LogP contribution < -0.4 is 4.74 Å². The number of aliphatic hydroxyl groups is 1. The molecule has 0 spiro atoms. The normalized spacial score (nSPS) is 19.5. The molecule has 1 N–H and O–H groups in total. The highest BCUT2D eigenvalue weighted by Crippen LogP contribution is 2.42. The fourth-order valence-electron chi connectivity index (χ4n) is 4.92. The molecule has 168 valence electrons. The van der Waals surface area contributed by atoms with Crippen LogP contribution >= 0.6 is 0 Å². The lowest BCUT2D eigenvalue weighted by Gasteiger charge is -2.36. The number of carbonyl (C=O) groups excluding carboxylic acids is 2. The van der Waals surface area contributed by atoms with Gasteiger partial charge in [0.25, 0.3) is 5.91 Å². The van der Waals surface area contributed by atoms with Crippen LogP contribution in [0.1, 0.15) is 62.6 Å². The van der Waals surface area contributed by atoms with Crippen molar-refractivity contribution in [1.82, 2.24) is 4.90 Å². The minimum Gasteiger partial charge on any atom is -0.503 e. The molecule has 0 saturated heterocycles. The molecule has 1 fully saturated rings. The summed E-state index contributed by atoms with van der Waals surface area (Å²) in [5.74, 6) is -0.224. The number of rotatable bonds is 8. The third-order valence-corrected chi connectivity index (χ3v) is 6.50. The van der Waals surface area contributed by atoms with Gasteiger partial charge in [0.05, 0.1) is 18.2 Å². The van der Waals surface area contributed by atoms with Crippen molar-refractivity contribution in [2.75, 3.05) is 6.61 Å². The van der Waals surface area contributed by atoms with Gasteiger partial charge in [-0.15, -0.1) is 0 Å². The number of aliphatic hydroxyl groups excluding tert-OH is 1. The number of benzene rings is 2. The second kappa shape index (κ2) is 10.0. The highest BCUT2D eigenvalue weighted by atomic mass is 16.5. The number of Topliss-reactive ketones (excluding diaryl/α,β-unsaturated/α-hetero) is 1. The Morgan fingerprint density at radius 2 is 1.72 bits per heavy atom. The van der Waals surface area contributed by atoms with Crippen LogP contribution in [0.3, 0.4) is 0 Å².